The number of carbonyl (C=O) groups excluding carboxylic acids is 1. The lowest BCUT2D eigenvalue weighted by Gasteiger charge is -2.09. The van der Waals surface area contributed by atoms with Gasteiger partial charge >= 0.3 is 0 Å². The van der Waals surface area contributed by atoms with Crippen LogP contribution in [0.1, 0.15) is 16.1 Å². The van der Waals surface area contributed by atoms with Crippen LogP contribution < -0.4 is 15.6 Å². The predicted molar refractivity (Wildman–Crippen MR) is 112 cm³/mol. The van der Waals surface area contributed by atoms with Gasteiger partial charge in [0.1, 0.15) is 23.1 Å². The fourth-order valence-corrected chi connectivity index (χ4v) is 2.81. The van der Waals surface area contributed by atoms with Gasteiger partial charge in [0.25, 0.3) is 11.5 Å². The quantitative estimate of drug-likeness (QED) is 0.501. The van der Waals surface area contributed by atoms with Crippen molar-refractivity contribution in [1.29, 1.82) is 0 Å². The van der Waals surface area contributed by atoms with E-state index in [2.05, 4.69) is 15.4 Å². The van der Waals surface area contributed by atoms with Gasteiger partial charge in [-0.3, -0.25) is 9.59 Å². The first-order chi connectivity index (χ1) is 15.5. The van der Waals surface area contributed by atoms with E-state index >= 15 is 0 Å². The number of amides is 1. The molecule has 1 amide bonds. The Balaban J connectivity index is 1.45. The molecule has 0 aliphatic carbocycles. The van der Waals surface area contributed by atoms with Gasteiger partial charge in [0.15, 0.2) is 0 Å². The van der Waals surface area contributed by atoms with Gasteiger partial charge in [-0.2, -0.15) is 9.78 Å². The summed E-state index contributed by atoms with van der Waals surface area (Å²) < 4.78 is 32.8. The summed E-state index contributed by atoms with van der Waals surface area (Å²) in [6.07, 6.45) is 1.52. The summed E-state index contributed by atoms with van der Waals surface area (Å²) in [4.78, 5) is 28.7. The highest BCUT2D eigenvalue weighted by atomic mass is 19.1. The molecule has 0 unspecified atom stereocenters. The number of carbonyl (C=O) groups is 1. The second kappa shape index (κ2) is 9.17. The first-order valence-electron chi connectivity index (χ1n) is 9.51. The van der Waals surface area contributed by atoms with Crippen LogP contribution in [0.5, 0.6) is 11.6 Å². The molecule has 0 bridgehead atoms. The lowest BCUT2D eigenvalue weighted by atomic mass is 10.2. The number of pyridine rings is 1. The molecule has 7 nitrogen and oxygen atoms in total. The number of aromatic nitrogens is 3. The Bertz CT molecular complexity index is 1310. The Morgan fingerprint density at radius 1 is 0.938 bits per heavy atom. The van der Waals surface area contributed by atoms with Crippen LogP contribution in [0.3, 0.4) is 0 Å². The zero-order valence-electron chi connectivity index (χ0n) is 16.5. The van der Waals surface area contributed by atoms with Crippen molar-refractivity contribution in [3.63, 3.8) is 0 Å². The van der Waals surface area contributed by atoms with Crippen LogP contribution in [-0.2, 0) is 6.54 Å². The van der Waals surface area contributed by atoms with Crippen molar-refractivity contribution in [2.75, 3.05) is 0 Å². The molecule has 0 saturated carbocycles. The van der Waals surface area contributed by atoms with Crippen LogP contribution in [0.25, 0.3) is 5.69 Å². The van der Waals surface area contributed by atoms with E-state index in [1.165, 1.54) is 66.9 Å². The Labute approximate surface area is 180 Å². The topological polar surface area (TPSA) is 86.1 Å². The van der Waals surface area contributed by atoms with Crippen LogP contribution in [0.2, 0.25) is 0 Å². The van der Waals surface area contributed by atoms with Crippen molar-refractivity contribution in [2.24, 2.45) is 0 Å². The molecule has 9 heteroatoms. The van der Waals surface area contributed by atoms with Crippen LogP contribution in [0, 0.1) is 11.6 Å². The largest absolute Gasteiger partial charge is 0.439 e. The number of hydrogen-bond donors (Lipinski definition) is 1. The summed E-state index contributed by atoms with van der Waals surface area (Å²) in [5.74, 6) is -0.616. The molecule has 160 valence electrons. The molecule has 32 heavy (non-hydrogen) atoms. The molecule has 1 N–H and O–H groups in total. The number of ether oxygens (including phenoxy) is 1. The standard InChI is InChI=1S/C23H16F2N4O3/c24-16-1-5-18(6-2-16)29-22(30)10-9-20(28-29)23(31)27-14-15-11-12-26-21(13-15)32-19-7-3-17(25)4-8-19/h1-13H,14H2,(H,27,31). The number of benzene rings is 2. The maximum atomic E-state index is 13.1. The first-order valence-corrected chi connectivity index (χ1v) is 9.51. The Hall–Kier alpha value is -4.40. The second-order valence-electron chi connectivity index (χ2n) is 6.69. The molecule has 0 saturated heterocycles. The minimum Gasteiger partial charge on any atom is -0.439 e. The second-order valence-corrected chi connectivity index (χ2v) is 6.69. The monoisotopic (exact) mass is 434 g/mol. The van der Waals surface area contributed by atoms with Gasteiger partial charge in [-0.25, -0.2) is 13.8 Å². The lowest BCUT2D eigenvalue weighted by molar-refractivity contribution is 0.0944. The molecule has 0 radical (unpaired) electrons. The predicted octanol–water partition coefficient (Wildman–Crippen LogP) is 3.63. The molecule has 0 atom stereocenters. The summed E-state index contributed by atoms with van der Waals surface area (Å²) >= 11 is 0. The van der Waals surface area contributed by atoms with E-state index in [1.807, 2.05) is 0 Å². The summed E-state index contributed by atoms with van der Waals surface area (Å²) in [5, 5.41) is 6.78. The number of halogens is 2. The first kappa shape index (κ1) is 20.9. The SMILES string of the molecule is O=C(NCc1ccnc(Oc2ccc(F)cc2)c1)c1ccc(=O)n(-c2ccc(F)cc2)n1. The van der Waals surface area contributed by atoms with Gasteiger partial charge in [0.05, 0.1) is 5.69 Å². The maximum Gasteiger partial charge on any atom is 0.272 e. The molecule has 2 aromatic carbocycles. The van der Waals surface area contributed by atoms with Crippen LogP contribution >= 0.6 is 0 Å². The zero-order chi connectivity index (χ0) is 22.5. The Morgan fingerprint density at radius 2 is 1.62 bits per heavy atom. The van der Waals surface area contributed by atoms with Crippen molar-refractivity contribution in [1.82, 2.24) is 20.1 Å². The van der Waals surface area contributed by atoms with Crippen LogP contribution in [0.4, 0.5) is 8.78 Å². The molecule has 0 aliphatic heterocycles. The number of nitrogens with one attached hydrogen (secondary N) is 1. The van der Waals surface area contributed by atoms with E-state index < -0.39 is 17.3 Å². The molecule has 4 aromatic rings. The maximum absolute atomic E-state index is 13.1. The molecule has 0 fully saturated rings. The molecule has 0 aliphatic rings. The summed E-state index contributed by atoms with van der Waals surface area (Å²) in [5.41, 5.74) is 0.607. The third-order valence-electron chi connectivity index (χ3n) is 4.39. The third-order valence-corrected chi connectivity index (χ3v) is 4.39. The highest BCUT2D eigenvalue weighted by Crippen LogP contribution is 2.20. The van der Waals surface area contributed by atoms with Crippen molar-refractivity contribution in [2.45, 2.75) is 6.54 Å². The minimum atomic E-state index is -0.501. The van der Waals surface area contributed by atoms with E-state index in [0.717, 1.165) is 4.68 Å². The highest BCUT2D eigenvalue weighted by Gasteiger charge is 2.11. The van der Waals surface area contributed by atoms with E-state index in [0.29, 0.717) is 17.0 Å². The molecule has 0 spiro atoms. The lowest BCUT2D eigenvalue weighted by Crippen LogP contribution is -2.28. The van der Waals surface area contributed by atoms with Gasteiger partial charge in [-0.1, -0.05) is 0 Å². The molecular formula is C23H16F2N4O3. The normalized spacial score (nSPS) is 10.6. The van der Waals surface area contributed by atoms with Crippen molar-refractivity contribution in [3.8, 4) is 17.3 Å². The van der Waals surface area contributed by atoms with Crippen molar-refractivity contribution >= 4 is 5.91 Å². The van der Waals surface area contributed by atoms with Crippen LogP contribution in [-0.4, -0.2) is 20.7 Å². The average molecular weight is 434 g/mol. The summed E-state index contributed by atoms with van der Waals surface area (Å²) in [7, 11) is 0. The van der Waals surface area contributed by atoms with E-state index in [1.54, 1.807) is 12.1 Å². The summed E-state index contributed by atoms with van der Waals surface area (Å²) in [6.45, 7) is 0.151. The van der Waals surface area contributed by atoms with Gasteiger partial charge < -0.3 is 10.1 Å². The van der Waals surface area contributed by atoms with Gasteiger partial charge in [0.2, 0.25) is 5.88 Å². The molecule has 2 heterocycles. The zero-order valence-corrected chi connectivity index (χ0v) is 16.5. The highest BCUT2D eigenvalue weighted by molar-refractivity contribution is 5.92. The van der Waals surface area contributed by atoms with Gasteiger partial charge in [-0.15, -0.1) is 0 Å². The van der Waals surface area contributed by atoms with E-state index in [-0.39, 0.29) is 23.9 Å². The molecule has 2 aromatic heterocycles. The fraction of sp³-hybridized carbons (Fsp3) is 0.0435. The molecular weight excluding hydrogens is 418 g/mol. The van der Waals surface area contributed by atoms with E-state index in [4.69, 9.17) is 4.74 Å². The number of rotatable bonds is 6. The molecule has 4 rings (SSSR count). The van der Waals surface area contributed by atoms with Crippen molar-refractivity contribution in [3.05, 3.63) is 112 Å². The Morgan fingerprint density at radius 3 is 2.34 bits per heavy atom. The third kappa shape index (κ3) is 5.01. The number of nitrogens with zero attached hydrogens (tertiary/aromatic N) is 3. The number of hydrogen-bond acceptors (Lipinski definition) is 5. The fourth-order valence-electron chi connectivity index (χ4n) is 2.81. The van der Waals surface area contributed by atoms with Crippen molar-refractivity contribution < 1.29 is 18.3 Å². The minimum absolute atomic E-state index is 0.0192. The average Bonchev–Trinajstić information content (AvgIpc) is 2.80. The smallest absolute Gasteiger partial charge is 0.272 e. The summed E-state index contributed by atoms with van der Waals surface area (Å²) in [6, 6.07) is 16.6. The Kier molecular flexibility index (Phi) is 5.98. The van der Waals surface area contributed by atoms with E-state index in [9.17, 15) is 18.4 Å². The van der Waals surface area contributed by atoms with Gasteiger partial charge in [-0.05, 0) is 66.2 Å². The van der Waals surface area contributed by atoms with Crippen LogP contribution in [0.15, 0.2) is 83.8 Å². The van der Waals surface area contributed by atoms with Gasteiger partial charge in [0, 0.05) is 24.9 Å².